The molecule has 0 bridgehead atoms. The van der Waals surface area contributed by atoms with E-state index in [2.05, 4.69) is 0 Å². The molecule has 0 aromatic heterocycles. The van der Waals surface area contributed by atoms with E-state index in [4.69, 9.17) is 11.6 Å². The van der Waals surface area contributed by atoms with Gasteiger partial charge >= 0.3 is 0 Å². The van der Waals surface area contributed by atoms with Crippen molar-refractivity contribution in [3.8, 4) is 0 Å². The molecule has 0 aliphatic carbocycles. The number of hydrogen-bond donors (Lipinski definition) is 2. The molecule has 1 aliphatic rings. The van der Waals surface area contributed by atoms with E-state index in [1.807, 2.05) is 12.1 Å². The molecule has 0 radical (unpaired) electrons. The zero-order valence-electron chi connectivity index (χ0n) is 9.66. The second-order valence-electron chi connectivity index (χ2n) is 4.23. The van der Waals surface area contributed by atoms with Crippen LogP contribution in [-0.4, -0.2) is 46.3 Å². The van der Waals surface area contributed by atoms with Gasteiger partial charge in [0.1, 0.15) is 0 Å². The average Bonchev–Trinajstić information content (AvgIpc) is 2.68. The predicted octanol–water partition coefficient (Wildman–Crippen LogP) is 0.917. The van der Waals surface area contributed by atoms with Gasteiger partial charge in [-0.05, 0) is 17.7 Å². The number of aliphatic hydroxyl groups is 2. The summed E-state index contributed by atoms with van der Waals surface area (Å²) < 4.78 is 0. The van der Waals surface area contributed by atoms with Gasteiger partial charge in [-0.25, -0.2) is 0 Å². The highest BCUT2D eigenvalue weighted by atomic mass is 35.5. The summed E-state index contributed by atoms with van der Waals surface area (Å²) in [6, 6.07) is 7.20. The molecular weight excluding hydrogens is 254 g/mol. The maximum absolute atomic E-state index is 11.8. The first-order valence-corrected chi connectivity index (χ1v) is 6.03. The first kappa shape index (κ1) is 13.1. The third-order valence-electron chi connectivity index (χ3n) is 2.88. The Balaban J connectivity index is 2.02. The molecule has 1 fully saturated rings. The summed E-state index contributed by atoms with van der Waals surface area (Å²) in [5, 5.41) is 19.3. The lowest BCUT2D eigenvalue weighted by Crippen LogP contribution is -2.27. The molecule has 4 nitrogen and oxygen atoms in total. The van der Waals surface area contributed by atoms with E-state index < -0.39 is 12.2 Å². The summed E-state index contributed by atoms with van der Waals surface area (Å²) in [4.78, 5) is 13.2. The van der Waals surface area contributed by atoms with Crippen LogP contribution in [0.15, 0.2) is 30.3 Å². The van der Waals surface area contributed by atoms with Gasteiger partial charge in [-0.3, -0.25) is 4.79 Å². The standard InChI is InChI=1S/C13H14ClNO3/c14-10-4-2-1-3-9(10)5-6-13(18)15-7-11(16)12(17)8-15/h1-6,11-12,16-17H,7-8H2/b6-5+. The van der Waals surface area contributed by atoms with E-state index in [1.54, 1.807) is 18.2 Å². The Morgan fingerprint density at radius 1 is 1.28 bits per heavy atom. The Hall–Kier alpha value is -1.36. The van der Waals surface area contributed by atoms with E-state index >= 15 is 0 Å². The van der Waals surface area contributed by atoms with Crippen LogP contribution in [-0.2, 0) is 4.79 Å². The number of carbonyl (C=O) groups is 1. The smallest absolute Gasteiger partial charge is 0.246 e. The number of halogens is 1. The Labute approximate surface area is 110 Å². The van der Waals surface area contributed by atoms with Crippen LogP contribution < -0.4 is 0 Å². The number of amides is 1. The Morgan fingerprint density at radius 2 is 1.89 bits per heavy atom. The number of carbonyl (C=O) groups excluding carboxylic acids is 1. The lowest BCUT2D eigenvalue weighted by Gasteiger charge is -2.12. The van der Waals surface area contributed by atoms with Crippen molar-refractivity contribution in [1.29, 1.82) is 0 Å². The van der Waals surface area contributed by atoms with Crippen LogP contribution in [0.4, 0.5) is 0 Å². The van der Waals surface area contributed by atoms with Gasteiger partial charge in [0.05, 0.1) is 12.2 Å². The van der Waals surface area contributed by atoms with Crippen molar-refractivity contribution in [2.24, 2.45) is 0 Å². The number of benzene rings is 1. The van der Waals surface area contributed by atoms with E-state index in [0.29, 0.717) is 5.02 Å². The van der Waals surface area contributed by atoms with Crippen molar-refractivity contribution in [1.82, 2.24) is 4.90 Å². The normalized spacial score (nSPS) is 23.8. The van der Waals surface area contributed by atoms with E-state index in [0.717, 1.165) is 5.56 Å². The van der Waals surface area contributed by atoms with Gasteiger partial charge in [-0.1, -0.05) is 29.8 Å². The molecule has 96 valence electrons. The lowest BCUT2D eigenvalue weighted by molar-refractivity contribution is -0.125. The van der Waals surface area contributed by atoms with E-state index in [1.165, 1.54) is 11.0 Å². The summed E-state index contributed by atoms with van der Waals surface area (Å²) in [5.41, 5.74) is 0.757. The lowest BCUT2D eigenvalue weighted by atomic mass is 10.2. The monoisotopic (exact) mass is 267 g/mol. The molecule has 1 aromatic rings. The fourth-order valence-electron chi connectivity index (χ4n) is 1.83. The Kier molecular flexibility index (Phi) is 4.01. The fraction of sp³-hybridized carbons (Fsp3) is 0.308. The number of hydrogen-bond acceptors (Lipinski definition) is 3. The molecular formula is C13H14ClNO3. The molecule has 0 spiro atoms. The van der Waals surface area contributed by atoms with Crippen LogP contribution in [0.25, 0.3) is 6.08 Å². The second kappa shape index (κ2) is 5.52. The van der Waals surface area contributed by atoms with Gasteiger partial charge in [0.25, 0.3) is 0 Å². The van der Waals surface area contributed by atoms with Crippen molar-refractivity contribution in [3.63, 3.8) is 0 Å². The molecule has 1 amide bonds. The summed E-state index contributed by atoms with van der Waals surface area (Å²) in [5.74, 6) is -0.245. The van der Waals surface area contributed by atoms with Crippen LogP contribution in [0.5, 0.6) is 0 Å². The van der Waals surface area contributed by atoms with Crippen LogP contribution in [0, 0.1) is 0 Å². The van der Waals surface area contributed by atoms with Crippen molar-refractivity contribution in [3.05, 3.63) is 40.9 Å². The average molecular weight is 268 g/mol. The largest absolute Gasteiger partial charge is 0.388 e. The summed E-state index contributed by atoms with van der Waals surface area (Å²) >= 11 is 5.96. The zero-order chi connectivity index (χ0) is 13.1. The molecule has 1 saturated heterocycles. The van der Waals surface area contributed by atoms with Gasteiger partial charge in [0, 0.05) is 24.2 Å². The molecule has 0 saturated carbocycles. The summed E-state index contributed by atoms with van der Waals surface area (Å²) in [6.07, 6.45) is 1.30. The molecule has 5 heteroatoms. The van der Waals surface area contributed by atoms with Crippen molar-refractivity contribution < 1.29 is 15.0 Å². The topological polar surface area (TPSA) is 60.8 Å². The highest BCUT2D eigenvalue weighted by Crippen LogP contribution is 2.17. The third-order valence-corrected chi connectivity index (χ3v) is 3.23. The predicted molar refractivity (Wildman–Crippen MR) is 69.1 cm³/mol. The Bertz CT molecular complexity index is 465. The molecule has 2 rings (SSSR count). The first-order valence-electron chi connectivity index (χ1n) is 5.65. The second-order valence-corrected chi connectivity index (χ2v) is 4.64. The first-order chi connectivity index (χ1) is 8.58. The van der Waals surface area contributed by atoms with Crippen LogP contribution >= 0.6 is 11.6 Å². The van der Waals surface area contributed by atoms with Gasteiger partial charge in [-0.15, -0.1) is 0 Å². The minimum absolute atomic E-state index is 0.160. The molecule has 1 heterocycles. The zero-order valence-corrected chi connectivity index (χ0v) is 10.4. The minimum atomic E-state index is -0.859. The molecule has 2 unspecified atom stereocenters. The van der Waals surface area contributed by atoms with Gasteiger partial charge in [0.2, 0.25) is 5.91 Å². The molecule has 2 atom stereocenters. The van der Waals surface area contributed by atoms with Crippen LogP contribution in [0.3, 0.4) is 0 Å². The maximum atomic E-state index is 11.8. The number of likely N-dealkylation sites (tertiary alicyclic amines) is 1. The van der Waals surface area contributed by atoms with Crippen molar-refractivity contribution in [2.75, 3.05) is 13.1 Å². The van der Waals surface area contributed by atoms with Crippen molar-refractivity contribution >= 4 is 23.6 Å². The van der Waals surface area contributed by atoms with Gasteiger partial charge in [-0.2, -0.15) is 0 Å². The van der Waals surface area contributed by atoms with Gasteiger partial charge in [0.15, 0.2) is 0 Å². The third kappa shape index (κ3) is 2.90. The van der Waals surface area contributed by atoms with E-state index in [9.17, 15) is 15.0 Å². The fourth-order valence-corrected chi connectivity index (χ4v) is 2.02. The summed E-state index contributed by atoms with van der Waals surface area (Å²) in [7, 11) is 0. The van der Waals surface area contributed by atoms with Crippen molar-refractivity contribution in [2.45, 2.75) is 12.2 Å². The van der Waals surface area contributed by atoms with E-state index in [-0.39, 0.29) is 19.0 Å². The molecule has 18 heavy (non-hydrogen) atoms. The van der Waals surface area contributed by atoms with Gasteiger partial charge < -0.3 is 15.1 Å². The maximum Gasteiger partial charge on any atom is 0.246 e. The highest BCUT2D eigenvalue weighted by Gasteiger charge is 2.31. The van der Waals surface area contributed by atoms with Crippen LogP contribution in [0.1, 0.15) is 5.56 Å². The number of β-amino-alcohol motifs (C(OH)–C–C–N with tert-alkyl or cyclic N) is 2. The molecule has 2 N–H and O–H groups in total. The SMILES string of the molecule is O=C(/C=C/c1ccccc1Cl)N1CC(O)C(O)C1. The number of nitrogens with zero attached hydrogens (tertiary/aromatic N) is 1. The molecule has 1 aliphatic heterocycles. The summed E-state index contributed by atoms with van der Waals surface area (Å²) in [6.45, 7) is 0.319. The number of aliphatic hydroxyl groups excluding tert-OH is 2. The highest BCUT2D eigenvalue weighted by molar-refractivity contribution is 6.32. The van der Waals surface area contributed by atoms with Crippen LogP contribution in [0.2, 0.25) is 5.02 Å². The Morgan fingerprint density at radius 3 is 2.50 bits per heavy atom. The minimum Gasteiger partial charge on any atom is -0.388 e. The number of rotatable bonds is 2. The molecule has 1 aromatic carbocycles. The quantitative estimate of drug-likeness (QED) is 0.784.